The van der Waals surface area contributed by atoms with Gasteiger partial charge < -0.3 is 14.7 Å². The zero-order valence-corrected chi connectivity index (χ0v) is 10.4. The summed E-state index contributed by atoms with van der Waals surface area (Å²) >= 11 is 0. The molecule has 1 saturated carbocycles. The van der Waals surface area contributed by atoms with E-state index in [1.165, 1.54) is 25.7 Å². The highest BCUT2D eigenvalue weighted by Gasteiger charge is 2.28. The van der Waals surface area contributed by atoms with Crippen LogP contribution in [0.5, 0.6) is 0 Å². The molecule has 0 spiro atoms. The van der Waals surface area contributed by atoms with Crippen molar-refractivity contribution in [1.29, 1.82) is 0 Å². The van der Waals surface area contributed by atoms with E-state index in [9.17, 15) is 5.11 Å². The second-order valence-electron chi connectivity index (χ2n) is 5.44. The van der Waals surface area contributed by atoms with Crippen LogP contribution in [-0.4, -0.2) is 49.0 Å². The van der Waals surface area contributed by atoms with Crippen molar-refractivity contribution in [3.8, 4) is 0 Å². The average molecular weight is 227 g/mol. The minimum atomic E-state index is -0.108. The normalized spacial score (nSPS) is 36.6. The molecule has 3 nitrogen and oxygen atoms in total. The van der Waals surface area contributed by atoms with Gasteiger partial charge in [-0.3, -0.25) is 0 Å². The van der Waals surface area contributed by atoms with Crippen LogP contribution in [0, 0.1) is 5.92 Å². The van der Waals surface area contributed by atoms with E-state index < -0.39 is 0 Å². The van der Waals surface area contributed by atoms with E-state index in [-0.39, 0.29) is 6.10 Å². The molecule has 1 aliphatic carbocycles. The van der Waals surface area contributed by atoms with Crippen molar-refractivity contribution in [3.63, 3.8) is 0 Å². The summed E-state index contributed by atoms with van der Waals surface area (Å²) in [7, 11) is 2.16. The lowest BCUT2D eigenvalue weighted by atomic mass is 9.90. The molecule has 1 aliphatic heterocycles. The Kier molecular flexibility index (Phi) is 4.62. The molecule has 1 saturated heterocycles. The maximum absolute atomic E-state index is 10.00. The highest BCUT2D eigenvalue weighted by atomic mass is 16.5. The van der Waals surface area contributed by atoms with Gasteiger partial charge in [-0.25, -0.2) is 0 Å². The fraction of sp³-hybridized carbons (Fsp3) is 1.00. The number of likely N-dealkylation sites (N-methyl/N-ethyl adjacent to an activating group) is 1. The standard InChI is InChI=1S/C13H25NO2/c1-14(9-11-5-4-8-16-10-11)12-6-2-3-7-13(12)15/h11-13,15H,2-10H2,1H3/t11?,12-,13-/m0/s1. The maximum atomic E-state index is 10.00. The van der Waals surface area contributed by atoms with Gasteiger partial charge in [0.25, 0.3) is 0 Å². The predicted octanol–water partition coefficient (Wildman–Crippen LogP) is 1.65. The summed E-state index contributed by atoms with van der Waals surface area (Å²) in [6.07, 6.45) is 6.98. The van der Waals surface area contributed by atoms with Crippen molar-refractivity contribution in [2.24, 2.45) is 5.92 Å². The fourth-order valence-corrected chi connectivity index (χ4v) is 3.10. The van der Waals surface area contributed by atoms with Crippen LogP contribution in [0.2, 0.25) is 0 Å². The molecule has 1 heterocycles. The van der Waals surface area contributed by atoms with E-state index >= 15 is 0 Å². The number of aliphatic hydroxyl groups excluding tert-OH is 1. The SMILES string of the molecule is CN(CC1CCCOC1)[C@H]1CCCC[C@@H]1O. The van der Waals surface area contributed by atoms with Crippen molar-refractivity contribution in [3.05, 3.63) is 0 Å². The minimum absolute atomic E-state index is 0.108. The lowest BCUT2D eigenvalue weighted by Crippen LogP contribution is -2.46. The van der Waals surface area contributed by atoms with E-state index in [1.807, 2.05) is 0 Å². The van der Waals surface area contributed by atoms with Crippen LogP contribution in [0.15, 0.2) is 0 Å². The van der Waals surface area contributed by atoms with Crippen LogP contribution in [-0.2, 0) is 4.74 Å². The molecular formula is C13H25NO2. The van der Waals surface area contributed by atoms with Crippen LogP contribution in [0.3, 0.4) is 0 Å². The molecule has 1 unspecified atom stereocenters. The molecule has 3 heteroatoms. The van der Waals surface area contributed by atoms with Gasteiger partial charge in [0, 0.05) is 19.2 Å². The van der Waals surface area contributed by atoms with Crippen LogP contribution in [0.25, 0.3) is 0 Å². The molecule has 2 rings (SSSR count). The largest absolute Gasteiger partial charge is 0.391 e. The first-order valence-corrected chi connectivity index (χ1v) is 6.73. The second kappa shape index (κ2) is 5.99. The zero-order valence-electron chi connectivity index (χ0n) is 10.4. The summed E-state index contributed by atoms with van der Waals surface area (Å²) in [5, 5.41) is 10.00. The third-order valence-corrected chi connectivity index (χ3v) is 4.06. The first-order chi connectivity index (χ1) is 7.77. The number of rotatable bonds is 3. The number of hydrogen-bond donors (Lipinski definition) is 1. The molecule has 1 N–H and O–H groups in total. The van der Waals surface area contributed by atoms with Gasteiger partial charge in [0.05, 0.1) is 12.7 Å². The van der Waals surface area contributed by atoms with E-state index in [1.54, 1.807) is 0 Å². The summed E-state index contributed by atoms with van der Waals surface area (Å²) in [4.78, 5) is 2.36. The zero-order chi connectivity index (χ0) is 11.4. The Labute approximate surface area is 98.8 Å². The molecule has 0 amide bonds. The van der Waals surface area contributed by atoms with Gasteiger partial charge in [0.1, 0.15) is 0 Å². The van der Waals surface area contributed by atoms with Crippen molar-refractivity contribution in [2.45, 2.75) is 50.7 Å². The molecule has 16 heavy (non-hydrogen) atoms. The highest BCUT2D eigenvalue weighted by molar-refractivity contribution is 4.82. The topological polar surface area (TPSA) is 32.7 Å². The Morgan fingerprint density at radius 1 is 1.19 bits per heavy atom. The first-order valence-electron chi connectivity index (χ1n) is 6.73. The average Bonchev–Trinajstić information content (AvgIpc) is 2.31. The fourth-order valence-electron chi connectivity index (χ4n) is 3.10. The number of ether oxygens (including phenoxy) is 1. The first kappa shape index (κ1) is 12.3. The maximum Gasteiger partial charge on any atom is 0.0695 e. The highest BCUT2D eigenvalue weighted by Crippen LogP contribution is 2.24. The Bertz CT molecular complexity index is 204. The third-order valence-electron chi connectivity index (χ3n) is 4.06. The summed E-state index contributed by atoms with van der Waals surface area (Å²) in [6.45, 7) is 2.93. The molecule has 0 aromatic rings. The van der Waals surface area contributed by atoms with Crippen LogP contribution in [0.1, 0.15) is 38.5 Å². The third kappa shape index (κ3) is 3.19. The van der Waals surface area contributed by atoms with Crippen LogP contribution < -0.4 is 0 Å². The second-order valence-corrected chi connectivity index (χ2v) is 5.44. The van der Waals surface area contributed by atoms with E-state index in [4.69, 9.17) is 4.74 Å². The summed E-state index contributed by atoms with van der Waals surface area (Å²) in [5.74, 6) is 0.674. The van der Waals surface area contributed by atoms with Gasteiger partial charge in [0.15, 0.2) is 0 Å². The van der Waals surface area contributed by atoms with Crippen LogP contribution >= 0.6 is 0 Å². The number of hydrogen-bond acceptors (Lipinski definition) is 3. The molecule has 2 aliphatic rings. The van der Waals surface area contributed by atoms with E-state index in [2.05, 4.69) is 11.9 Å². The molecule has 0 radical (unpaired) electrons. The van der Waals surface area contributed by atoms with E-state index in [0.29, 0.717) is 12.0 Å². The molecule has 3 atom stereocenters. The van der Waals surface area contributed by atoms with Gasteiger partial charge in [-0.1, -0.05) is 12.8 Å². The van der Waals surface area contributed by atoms with Crippen LogP contribution in [0.4, 0.5) is 0 Å². The Morgan fingerprint density at radius 2 is 2.00 bits per heavy atom. The van der Waals surface area contributed by atoms with Crippen molar-refractivity contribution >= 4 is 0 Å². The Morgan fingerprint density at radius 3 is 2.69 bits per heavy atom. The quantitative estimate of drug-likeness (QED) is 0.795. The predicted molar refractivity (Wildman–Crippen MR) is 64.4 cm³/mol. The Hall–Kier alpha value is -0.120. The summed E-state index contributed by atoms with van der Waals surface area (Å²) in [6, 6.07) is 0.385. The lowest BCUT2D eigenvalue weighted by Gasteiger charge is -2.37. The Balaban J connectivity index is 1.78. The van der Waals surface area contributed by atoms with Gasteiger partial charge in [-0.2, -0.15) is 0 Å². The molecule has 0 aromatic heterocycles. The number of nitrogens with zero attached hydrogens (tertiary/aromatic N) is 1. The van der Waals surface area contributed by atoms with E-state index in [0.717, 1.165) is 32.6 Å². The molecular weight excluding hydrogens is 202 g/mol. The van der Waals surface area contributed by atoms with Gasteiger partial charge >= 0.3 is 0 Å². The van der Waals surface area contributed by atoms with Crippen molar-refractivity contribution in [1.82, 2.24) is 4.90 Å². The molecule has 0 bridgehead atoms. The molecule has 0 aromatic carbocycles. The van der Waals surface area contributed by atoms with Crippen molar-refractivity contribution in [2.75, 3.05) is 26.8 Å². The summed E-state index contributed by atoms with van der Waals surface area (Å²) in [5.41, 5.74) is 0. The minimum Gasteiger partial charge on any atom is -0.391 e. The summed E-state index contributed by atoms with van der Waals surface area (Å²) < 4.78 is 5.51. The van der Waals surface area contributed by atoms with Gasteiger partial charge in [0.2, 0.25) is 0 Å². The van der Waals surface area contributed by atoms with Gasteiger partial charge in [-0.05, 0) is 38.6 Å². The monoisotopic (exact) mass is 227 g/mol. The van der Waals surface area contributed by atoms with Crippen molar-refractivity contribution < 1.29 is 9.84 Å². The molecule has 2 fully saturated rings. The number of aliphatic hydroxyl groups is 1. The lowest BCUT2D eigenvalue weighted by molar-refractivity contribution is -0.000145. The molecule has 94 valence electrons. The smallest absolute Gasteiger partial charge is 0.0695 e. The van der Waals surface area contributed by atoms with Gasteiger partial charge in [-0.15, -0.1) is 0 Å².